The molecule has 44 valence electrons. The third kappa shape index (κ3) is 0.857. The van der Waals surface area contributed by atoms with Gasteiger partial charge in [-0.2, -0.15) is 0 Å². The summed E-state index contributed by atoms with van der Waals surface area (Å²) in [6.07, 6.45) is 0.379. The Hall–Kier alpha value is -0.860. The summed E-state index contributed by atoms with van der Waals surface area (Å²) in [6.45, 7) is 4.08. The maximum atomic E-state index is 10.3. The van der Waals surface area contributed by atoms with Crippen LogP contribution in [0, 0.1) is 6.92 Å². The zero-order valence-corrected chi connectivity index (χ0v) is 4.52. The molecule has 0 aliphatic carbocycles. The number of alkyl carbamates (subject to hydrolysis) is 1. The molecule has 1 N–H and O–H groups in total. The Morgan fingerprint density at radius 2 is 2.75 bits per heavy atom. The summed E-state index contributed by atoms with van der Waals surface area (Å²) in [6, 6.07) is 0.141. The minimum atomic E-state index is -0.321. The highest BCUT2D eigenvalue weighted by Gasteiger charge is 2.21. The largest absolute Gasteiger partial charge is 0.447 e. The molecule has 1 saturated heterocycles. The van der Waals surface area contributed by atoms with Gasteiger partial charge in [-0.15, -0.1) is 0 Å². The smallest absolute Gasteiger partial charge is 0.407 e. The van der Waals surface area contributed by atoms with Gasteiger partial charge in [-0.25, -0.2) is 4.79 Å². The quantitative estimate of drug-likeness (QED) is 0.498. The molecule has 0 unspecified atom stereocenters. The average molecular weight is 114 g/mol. The summed E-state index contributed by atoms with van der Waals surface area (Å²) in [4.78, 5) is 10.3. The van der Waals surface area contributed by atoms with Crippen LogP contribution in [0.25, 0.3) is 0 Å². The topological polar surface area (TPSA) is 38.3 Å². The van der Waals surface area contributed by atoms with Crippen molar-refractivity contribution in [3.05, 3.63) is 6.92 Å². The number of carbonyl (C=O) groups excluding carboxylic acids is 1. The van der Waals surface area contributed by atoms with Crippen LogP contribution in [0.4, 0.5) is 4.79 Å². The van der Waals surface area contributed by atoms with Crippen LogP contribution < -0.4 is 5.32 Å². The Kier molecular flexibility index (Phi) is 1.28. The van der Waals surface area contributed by atoms with Gasteiger partial charge in [-0.3, -0.25) is 0 Å². The van der Waals surface area contributed by atoms with Gasteiger partial charge < -0.3 is 10.1 Å². The first-order valence-electron chi connectivity index (χ1n) is 2.55. The van der Waals surface area contributed by atoms with E-state index in [1.807, 2.05) is 0 Å². The van der Waals surface area contributed by atoms with Gasteiger partial charge in [-0.05, 0) is 0 Å². The van der Waals surface area contributed by atoms with E-state index in [0.29, 0.717) is 13.0 Å². The first kappa shape index (κ1) is 5.28. The molecule has 1 rings (SSSR count). The lowest BCUT2D eigenvalue weighted by molar-refractivity contribution is 0.177. The standard InChI is InChI=1S/C5H7NO2/c1-2-4-3-8-5(7)6-4/h4H,1-3H2/p+1/t4-/m0/s1. The molecule has 1 atom stereocenters. The van der Waals surface area contributed by atoms with Crippen LogP contribution in [-0.2, 0) is 4.74 Å². The first-order chi connectivity index (χ1) is 3.83. The number of rotatable bonds is 1. The number of cyclic esters (lactones) is 1. The second-order valence-electron chi connectivity index (χ2n) is 1.73. The van der Waals surface area contributed by atoms with Crippen LogP contribution in [0.15, 0.2) is 0 Å². The lowest BCUT2D eigenvalue weighted by Gasteiger charge is -1.93. The fourth-order valence-corrected chi connectivity index (χ4v) is 0.582. The van der Waals surface area contributed by atoms with E-state index in [1.165, 1.54) is 0 Å². The molecule has 1 fully saturated rings. The number of ether oxygens (including phenoxy) is 1. The van der Waals surface area contributed by atoms with Gasteiger partial charge in [-0.1, -0.05) is 0 Å². The predicted molar refractivity (Wildman–Crippen MR) is 28.2 cm³/mol. The fraction of sp³-hybridized carbons (Fsp3) is 0.600. The SMILES string of the molecule is [CH2+]C[C@H]1COC(=O)N1. The Morgan fingerprint density at radius 3 is 3.00 bits per heavy atom. The van der Waals surface area contributed by atoms with Crippen molar-refractivity contribution in [3.8, 4) is 0 Å². The van der Waals surface area contributed by atoms with Crippen LogP contribution in [0.5, 0.6) is 0 Å². The van der Waals surface area contributed by atoms with E-state index >= 15 is 0 Å². The van der Waals surface area contributed by atoms with Gasteiger partial charge in [0, 0.05) is 0 Å². The van der Waals surface area contributed by atoms with E-state index in [2.05, 4.69) is 17.0 Å². The average Bonchev–Trinajstić information content (AvgIpc) is 2.14. The third-order valence-corrected chi connectivity index (χ3v) is 1.09. The minimum Gasteiger partial charge on any atom is -0.447 e. The van der Waals surface area contributed by atoms with E-state index < -0.39 is 0 Å². The molecule has 0 radical (unpaired) electrons. The molecule has 0 aromatic rings. The molecular formula is C5H8NO2+. The Labute approximate surface area is 48.0 Å². The van der Waals surface area contributed by atoms with Crippen LogP contribution >= 0.6 is 0 Å². The maximum absolute atomic E-state index is 10.3. The number of amides is 1. The molecule has 1 heterocycles. The Morgan fingerprint density at radius 1 is 2.00 bits per heavy atom. The predicted octanol–water partition coefficient (Wildman–Crippen LogP) is 0.319. The second-order valence-corrected chi connectivity index (χ2v) is 1.73. The summed E-state index contributed by atoms with van der Waals surface area (Å²) in [7, 11) is 0. The Bertz CT molecular complexity index is 103. The first-order valence-corrected chi connectivity index (χ1v) is 2.55. The number of hydrogen-bond donors (Lipinski definition) is 1. The molecule has 0 spiro atoms. The molecule has 0 aromatic carbocycles. The fourth-order valence-electron chi connectivity index (χ4n) is 0.582. The molecule has 3 heteroatoms. The second kappa shape index (κ2) is 1.94. The zero-order chi connectivity index (χ0) is 5.98. The molecular weight excluding hydrogens is 106 g/mol. The van der Waals surface area contributed by atoms with Gasteiger partial charge in [0.1, 0.15) is 19.1 Å². The normalized spacial score (nSPS) is 27.0. The highest BCUT2D eigenvalue weighted by molar-refractivity contribution is 5.69. The zero-order valence-electron chi connectivity index (χ0n) is 4.52. The Balaban J connectivity index is 2.32. The van der Waals surface area contributed by atoms with E-state index in [-0.39, 0.29) is 12.1 Å². The van der Waals surface area contributed by atoms with Crippen molar-refractivity contribution in [1.82, 2.24) is 5.32 Å². The van der Waals surface area contributed by atoms with Crippen molar-refractivity contribution < 1.29 is 9.53 Å². The lowest BCUT2D eigenvalue weighted by atomic mass is 10.3. The number of hydrogen-bond acceptors (Lipinski definition) is 2. The summed E-state index contributed by atoms with van der Waals surface area (Å²) in [5.41, 5.74) is 0. The van der Waals surface area contributed by atoms with E-state index in [4.69, 9.17) is 0 Å². The van der Waals surface area contributed by atoms with Crippen molar-refractivity contribution in [2.75, 3.05) is 6.61 Å². The highest BCUT2D eigenvalue weighted by atomic mass is 16.6. The molecule has 1 aliphatic heterocycles. The van der Waals surface area contributed by atoms with Crippen LogP contribution in [0.2, 0.25) is 0 Å². The van der Waals surface area contributed by atoms with Crippen molar-refractivity contribution in [2.45, 2.75) is 12.5 Å². The molecule has 0 bridgehead atoms. The summed E-state index contributed by atoms with van der Waals surface area (Å²) in [5, 5.41) is 2.58. The van der Waals surface area contributed by atoms with Crippen LogP contribution in [0.1, 0.15) is 6.42 Å². The minimum absolute atomic E-state index is 0.141. The summed E-state index contributed by atoms with van der Waals surface area (Å²) < 4.78 is 4.57. The molecule has 3 nitrogen and oxygen atoms in total. The van der Waals surface area contributed by atoms with Crippen LogP contribution in [0.3, 0.4) is 0 Å². The summed E-state index contributed by atoms with van der Waals surface area (Å²) in [5.74, 6) is 0. The molecule has 1 amide bonds. The molecule has 0 aromatic heterocycles. The van der Waals surface area contributed by atoms with E-state index in [9.17, 15) is 4.79 Å². The van der Waals surface area contributed by atoms with E-state index in [1.54, 1.807) is 0 Å². The van der Waals surface area contributed by atoms with Gasteiger partial charge in [0.25, 0.3) is 0 Å². The van der Waals surface area contributed by atoms with Crippen molar-refractivity contribution in [3.63, 3.8) is 0 Å². The van der Waals surface area contributed by atoms with Crippen molar-refractivity contribution in [1.29, 1.82) is 0 Å². The van der Waals surface area contributed by atoms with Gasteiger partial charge in [0.2, 0.25) is 0 Å². The van der Waals surface area contributed by atoms with Gasteiger partial charge in [0.05, 0.1) is 6.92 Å². The monoisotopic (exact) mass is 114 g/mol. The van der Waals surface area contributed by atoms with Crippen molar-refractivity contribution >= 4 is 6.09 Å². The number of carbonyl (C=O) groups is 1. The molecule has 0 saturated carbocycles. The highest BCUT2D eigenvalue weighted by Crippen LogP contribution is 1.99. The number of nitrogens with one attached hydrogen (secondary N) is 1. The van der Waals surface area contributed by atoms with Gasteiger partial charge in [0.15, 0.2) is 0 Å². The van der Waals surface area contributed by atoms with Crippen LogP contribution in [-0.4, -0.2) is 18.7 Å². The lowest BCUT2D eigenvalue weighted by Crippen LogP contribution is -2.24. The molecule has 8 heavy (non-hydrogen) atoms. The van der Waals surface area contributed by atoms with Crippen molar-refractivity contribution in [2.24, 2.45) is 0 Å². The summed E-state index contributed by atoms with van der Waals surface area (Å²) >= 11 is 0. The van der Waals surface area contributed by atoms with Gasteiger partial charge >= 0.3 is 6.09 Å². The van der Waals surface area contributed by atoms with E-state index in [0.717, 1.165) is 0 Å². The maximum Gasteiger partial charge on any atom is 0.407 e. The molecule has 1 aliphatic rings. The third-order valence-electron chi connectivity index (χ3n) is 1.09.